The Hall–Kier alpha value is -3.41. The highest BCUT2D eigenvalue weighted by atomic mass is 16.2. The van der Waals surface area contributed by atoms with Gasteiger partial charge in [-0.2, -0.15) is 0 Å². The average Bonchev–Trinajstić information content (AvgIpc) is 3.08. The predicted octanol–water partition coefficient (Wildman–Crippen LogP) is 2.93. The first-order chi connectivity index (χ1) is 13.0. The van der Waals surface area contributed by atoms with Gasteiger partial charge in [0.05, 0.1) is 0 Å². The molecule has 0 atom stereocenters. The molecule has 0 radical (unpaired) electrons. The third-order valence-electron chi connectivity index (χ3n) is 4.18. The van der Waals surface area contributed by atoms with E-state index in [2.05, 4.69) is 10.6 Å². The average molecular weight is 363 g/mol. The summed E-state index contributed by atoms with van der Waals surface area (Å²) in [6.07, 6.45) is 3.05. The summed E-state index contributed by atoms with van der Waals surface area (Å²) < 4.78 is 0. The first kappa shape index (κ1) is 18.4. The van der Waals surface area contributed by atoms with Gasteiger partial charge in [0.1, 0.15) is 5.70 Å². The SMILES string of the molecule is CC(=O)N/C(=C/c1ccccc1)C(=O)Nc1ccc(N2CCCC2=O)cc1. The fraction of sp³-hybridized carbons (Fsp3) is 0.190. The number of anilines is 2. The Balaban J connectivity index is 1.74. The maximum Gasteiger partial charge on any atom is 0.272 e. The van der Waals surface area contributed by atoms with Crippen molar-refractivity contribution in [2.45, 2.75) is 19.8 Å². The van der Waals surface area contributed by atoms with E-state index >= 15 is 0 Å². The quantitative estimate of drug-likeness (QED) is 0.802. The van der Waals surface area contributed by atoms with Crippen molar-refractivity contribution in [2.24, 2.45) is 0 Å². The first-order valence-corrected chi connectivity index (χ1v) is 8.79. The lowest BCUT2D eigenvalue weighted by atomic mass is 10.2. The van der Waals surface area contributed by atoms with E-state index in [-0.39, 0.29) is 17.5 Å². The lowest BCUT2D eigenvalue weighted by Gasteiger charge is -2.16. The lowest BCUT2D eigenvalue weighted by molar-refractivity contribution is -0.120. The lowest BCUT2D eigenvalue weighted by Crippen LogP contribution is -2.29. The van der Waals surface area contributed by atoms with E-state index in [1.54, 1.807) is 35.2 Å². The van der Waals surface area contributed by atoms with Gasteiger partial charge in [0, 0.05) is 31.3 Å². The van der Waals surface area contributed by atoms with Gasteiger partial charge in [-0.05, 0) is 42.3 Å². The van der Waals surface area contributed by atoms with Crippen molar-refractivity contribution in [3.63, 3.8) is 0 Å². The molecule has 0 bridgehead atoms. The molecule has 1 aliphatic rings. The molecule has 0 saturated carbocycles. The summed E-state index contributed by atoms with van der Waals surface area (Å²) in [6, 6.07) is 16.4. The van der Waals surface area contributed by atoms with E-state index in [0.29, 0.717) is 12.1 Å². The zero-order valence-electron chi connectivity index (χ0n) is 15.1. The largest absolute Gasteiger partial charge is 0.322 e. The van der Waals surface area contributed by atoms with Crippen LogP contribution in [0.25, 0.3) is 6.08 Å². The maximum absolute atomic E-state index is 12.6. The van der Waals surface area contributed by atoms with Crippen LogP contribution in [0.15, 0.2) is 60.3 Å². The van der Waals surface area contributed by atoms with Crippen LogP contribution in [0.4, 0.5) is 11.4 Å². The van der Waals surface area contributed by atoms with Crippen molar-refractivity contribution >= 4 is 35.2 Å². The molecule has 0 aromatic heterocycles. The van der Waals surface area contributed by atoms with Crippen molar-refractivity contribution in [2.75, 3.05) is 16.8 Å². The van der Waals surface area contributed by atoms with Crippen LogP contribution in [-0.4, -0.2) is 24.3 Å². The molecule has 27 heavy (non-hydrogen) atoms. The molecule has 1 heterocycles. The normalized spacial score (nSPS) is 14.2. The number of nitrogens with one attached hydrogen (secondary N) is 2. The minimum Gasteiger partial charge on any atom is -0.322 e. The molecule has 1 aliphatic heterocycles. The fourth-order valence-corrected chi connectivity index (χ4v) is 2.91. The van der Waals surface area contributed by atoms with Crippen LogP contribution >= 0.6 is 0 Å². The van der Waals surface area contributed by atoms with Gasteiger partial charge in [-0.25, -0.2) is 0 Å². The van der Waals surface area contributed by atoms with Crippen LogP contribution < -0.4 is 15.5 Å². The summed E-state index contributed by atoms with van der Waals surface area (Å²) in [4.78, 5) is 37.6. The highest BCUT2D eigenvalue weighted by Gasteiger charge is 2.21. The van der Waals surface area contributed by atoms with Crippen LogP contribution in [-0.2, 0) is 14.4 Å². The van der Waals surface area contributed by atoms with Crippen LogP contribution in [0, 0.1) is 0 Å². The smallest absolute Gasteiger partial charge is 0.272 e. The Morgan fingerprint density at radius 2 is 1.74 bits per heavy atom. The van der Waals surface area contributed by atoms with Gasteiger partial charge in [0.2, 0.25) is 11.8 Å². The first-order valence-electron chi connectivity index (χ1n) is 8.79. The zero-order valence-corrected chi connectivity index (χ0v) is 15.1. The molecule has 2 aromatic carbocycles. The fourth-order valence-electron chi connectivity index (χ4n) is 2.91. The molecule has 0 spiro atoms. The van der Waals surface area contributed by atoms with Crippen molar-refractivity contribution in [3.05, 3.63) is 65.9 Å². The summed E-state index contributed by atoms with van der Waals surface area (Å²) in [5.74, 6) is -0.625. The number of hydrogen-bond donors (Lipinski definition) is 2. The van der Waals surface area contributed by atoms with Gasteiger partial charge in [0.25, 0.3) is 5.91 Å². The Morgan fingerprint density at radius 1 is 1.04 bits per heavy atom. The van der Waals surface area contributed by atoms with Crippen LogP contribution in [0.5, 0.6) is 0 Å². The second-order valence-electron chi connectivity index (χ2n) is 6.30. The molecule has 1 fully saturated rings. The maximum atomic E-state index is 12.6. The molecule has 0 unspecified atom stereocenters. The second kappa shape index (κ2) is 8.31. The van der Waals surface area contributed by atoms with E-state index in [9.17, 15) is 14.4 Å². The van der Waals surface area contributed by atoms with E-state index in [4.69, 9.17) is 0 Å². The Labute approximate surface area is 157 Å². The van der Waals surface area contributed by atoms with Gasteiger partial charge in [0.15, 0.2) is 0 Å². The highest BCUT2D eigenvalue weighted by Crippen LogP contribution is 2.23. The number of rotatable bonds is 5. The van der Waals surface area contributed by atoms with Gasteiger partial charge in [-0.3, -0.25) is 14.4 Å². The predicted molar refractivity (Wildman–Crippen MR) is 105 cm³/mol. The summed E-state index contributed by atoms with van der Waals surface area (Å²) in [6.45, 7) is 2.07. The van der Waals surface area contributed by atoms with E-state index in [1.165, 1.54) is 6.92 Å². The van der Waals surface area contributed by atoms with Crippen LogP contribution in [0.1, 0.15) is 25.3 Å². The molecule has 138 valence electrons. The van der Waals surface area contributed by atoms with Gasteiger partial charge in [-0.1, -0.05) is 30.3 Å². The molecule has 0 aliphatic carbocycles. The molecule has 1 saturated heterocycles. The monoisotopic (exact) mass is 363 g/mol. The summed E-state index contributed by atoms with van der Waals surface area (Å²) in [5, 5.41) is 5.34. The number of nitrogens with zero attached hydrogens (tertiary/aromatic N) is 1. The standard InChI is InChI=1S/C21H21N3O3/c1-15(25)22-19(14-16-6-3-2-4-7-16)21(27)23-17-9-11-18(12-10-17)24-13-5-8-20(24)26/h2-4,6-7,9-12,14H,5,8,13H2,1H3,(H,22,25)(H,23,27)/b19-14+. The summed E-state index contributed by atoms with van der Waals surface area (Å²) in [5.41, 5.74) is 2.36. The number of carbonyl (C=O) groups excluding carboxylic acids is 3. The van der Waals surface area contributed by atoms with Crippen LogP contribution in [0.3, 0.4) is 0 Å². The molecule has 6 heteroatoms. The molecule has 3 rings (SSSR count). The van der Waals surface area contributed by atoms with Gasteiger partial charge < -0.3 is 15.5 Å². The molecule has 2 aromatic rings. The Kier molecular flexibility index (Phi) is 5.66. The Bertz CT molecular complexity index is 873. The third-order valence-corrected chi connectivity index (χ3v) is 4.18. The third kappa shape index (κ3) is 4.82. The number of amides is 3. The second-order valence-corrected chi connectivity index (χ2v) is 6.30. The summed E-state index contributed by atoms with van der Waals surface area (Å²) >= 11 is 0. The minimum atomic E-state index is -0.418. The zero-order chi connectivity index (χ0) is 19.2. The molecule has 2 N–H and O–H groups in total. The van der Waals surface area contributed by atoms with Crippen molar-refractivity contribution in [1.82, 2.24) is 5.32 Å². The van der Waals surface area contributed by atoms with Gasteiger partial charge >= 0.3 is 0 Å². The molecule has 3 amide bonds. The number of carbonyl (C=O) groups is 3. The van der Waals surface area contributed by atoms with Crippen molar-refractivity contribution < 1.29 is 14.4 Å². The van der Waals surface area contributed by atoms with Gasteiger partial charge in [-0.15, -0.1) is 0 Å². The number of hydrogen-bond acceptors (Lipinski definition) is 3. The van der Waals surface area contributed by atoms with Crippen molar-refractivity contribution in [3.8, 4) is 0 Å². The Morgan fingerprint density at radius 3 is 2.33 bits per heavy atom. The topological polar surface area (TPSA) is 78.5 Å². The number of benzene rings is 2. The van der Waals surface area contributed by atoms with E-state index < -0.39 is 5.91 Å². The van der Waals surface area contributed by atoms with Crippen molar-refractivity contribution in [1.29, 1.82) is 0 Å². The minimum absolute atomic E-state index is 0.116. The molecule has 6 nitrogen and oxygen atoms in total. The molecular weight excluding hydrogens is 342 g/mol. The van der Waals surface area contributed by atoms with E-state index in [1.807, 2.05) is 30.3 Å². The summed E-state index contributed by atoms with van der Waals surface area (Å²) in [7, 11) is 0. The van der Waals surface area contributed by atoms with Crippen LogP contribution in [0.2, 0.25) is 0 Å². The molecular formula is C21H21N3O3. The van der Waals surface area contributed by atoms with E-state index in [0.717, 1.165) is 24.2 Å². The highest BCUT2D eigenvalue weighted by molar-refractivity contribution is 6.08.